The number of alkyl halides is 2. The average Bonchev–Trinajstić information content (AvgIpc) is 2.29. The fourth-order valence-electron chi connectivity index (χ4n) is 1.70. The van der Waals surface area contributed by atoms with Crippen LogP contribution in [-0.2, 0) is 4.74 Å². The van der Waals surface area contributed by atoms with Crippen molar-refractivity contribution in [3.63, 3.8) is 0 Å². The smallest absolute Gasteiger partial charge is 0.166 e. The molecule has 1 aliphatic rings. The Morgan fingerprint density at radius 3 is 2.44 bits per heavy atom. The van der Waals surface area contributed by atoms with Gasteiger partial charge in [0.05, 0.1) is 0 Å². The summed E-state index contributed by atoms with van der Waals surface area (Å²) in [6.07, 6.45) is 5.37. The normalized spacial score (nSPS) is 22.9. The lowest BCUT2D eigenvalue weighted by molar-refractivity contribution is 0.137. The second-order valence-electron chi connectivity index (χ2n) is 3.66. The van der Waals surface area contributed by atoms with Crippen LogP contribution in [-0.4, -0.2) is 17.5 Å². The minimum Gasteiger partial charge on any atom is -0.374 e. The maximum Gasteiger partial charge on any atom is 0.166 e. The molecule has 0 aliphatic heterocycles. The Morgan fingerprint density at radius 1 is 1.19 bits per heavy atom. The van der Waals surface area contributed by atoms with E-state index in [1.807, 2.05) is 48.6 Å². The van der Waals surface area contributed by atoms with Crippen molar-refractivity contribution in [3.05, 3.63) is 54.1 Å². The number of rotatable bonds is 2. The van der Waals surface area contributed by atoms with Gasteiger partial charge in [-0.15, -0.1) is 0 Å². The van der Waals surface area contributed by atoms with Crippen LogP contribution in [0.1, 0.15) is 5.56 Å². The van der Waals surface area contributed by atoms with E-state index in [0.717, 1.165) is 11.1 Å². The standard InChI is InChI=1S/C13H12Cl2O/c1-16-12-8-7-11(9-13(12,14)15)10-5-3-2-4-6-10/h2-9,12H,1H3. The van der Waals surface area contributed by atoms with Gasteiger partial charge in [0, 0.05) is 7.11 Å². The molecular formula is C13H12Cl2O. The van der Waals surface area contributed by atoms with E-state index in [0.29, 0.717) is 0 Å². The molecule has 0 saturated heterocycles. The SMILES string of the molecule is COC1C=CC(c2ccccc2)=CC1(Cl)Cl. The Balaban J connectivity index is 2.33. The first-order valence-electron chi connectivity index (χ1n) is 5.00. The number of halogens is 2. The third kappa shape index (κ3) is 2.32. The number of allylic oxidation sites excluding steroid dienone is 2. The van der Waals surface area contributed by atoms with Gasteiger partial charge in [0.1, 0.15) is 6.10 Å². The summed E-state index contributed by atoms with van der Waals surface area (Å²) in [4.78, 5) is 0. The number of hydrogen-bond donors (Lipinski definition) is 0. The first kappa shape index (κ1) is 11.7. The fourth-order valence-corrected chi connectivity index (χ4v) is 2.26. The molecule has 0 amide bonds. The van der Waals surface area contributed by atoms with Gasteiger partial charge in [-0.05, 0) is 17.2 Å². The van der Waals surface area contributed by atoms with E-state index in [1.165, 1.54) is 0 Å². The molecule has 1 aromatic rings. The maximum absolute atomic E-state index is 6.20. The predicted octanol–water partition coefficient (Wildman–Crippen LogP) is 3.83. The van der Waals surface area contributed by atoms with Gasteiger partial charge in [0.25, 0.3) is 0 Å². The highest BCUT2D eigenvalue weighted by molar-refractivity contribution is 6.51. The molecule has 1 aromatic carbocycles. The number of benzene rings is 1. The quantitative estimate of drug-likeness (QED) is 0.730. The van der Waals surface area contributed by atoms with E-state index < -0.39 is 4.33 Å². The van der Waals surface area contributed by atoms with E-state index >= 15 is 0 Å². The first-order chi connectivity index (χ1) is 7.63. The molecule has 0 radical (unpaired) electrons. The van der Waals surface area contributed by atoms with Gasteiger partial charge in [-0.2, -0.15) is 0 Å². The summed E-state index contributed by atoms with van der Waals surface area (Å²) in [7, 11) is 1.59. The Hall–Kier alpha value is -0.760. The van der Waals surface area contributed by atoms with Gasteiger partial charge in [-0.3, -0.25) is 0 Å². The van der Waals surface area contributed by atoms with Crippen LogP contribution in [0.5, 0.6) is 0 Å². The molecular weight excluding hydrogens is 243 g/mol. The topological polar surface area (TPSA) is 9.23 Å². The van der Waals surface area contributed by atoms with E-state index in [-0.39, 0.29) is 6.10 Å². The number of methoxy groups -OCH3 is 1. The molecule has 16 heavy (non-hydrogen) atoms. The lowest BCUT2D eigenvalue weighted by Crippen LogP contribution is -2.31. The van der Waals surface area contributed by atoms with Gasteiger partial charge in [0.2, 0.25) is 0 Å². The molecule has 0 N–H and O–H groups in total. The summed E-state index contributed by atoms with van der Waals surface area (Å²) in [5.74, 6) is 0. The van der Waals surface area contributed by atoms with Crippen molar-refractivity contribution in [3.8, 4) is 0 Å². The van der Waals surface area contributed by atoms with E-state index in [4.69, 9.17) is 27.9 Å². The second-order valence-corrected chi connectivity index (χ2v) is 5.10. The molecule has 1 nitrogen and oxygen atoms in total. The van der Waals surface area contributed by atoms with Crippen LogP contribution in [0.25, 0.3) is 5.57 Å². The monoisotopic (exact) mass is 254 g/mol. The van der Waals surface area contributed by atoms with Gasteiger partial charge < -0.3 is 4.74 Å². The zero-order valence-corrected chi connectivity index (χ0v) is 10.4. The average molecular weight is 255 g/mol. The summed E-state index contributed by atoms with van der Waals surface area (Å²) in [5, 5.41) is 0. The van der Waals surface area contributed by atoms with Crippen molar-refractivity contribution in [2.45, 2.75) is 10.4 Å². The van der Waals surface area contributed by atoms with Crippen LogP contribution in [0.3, 0.4) is 0 Å². The van der Waals surface area contributed by atoms with Crippen LogP contribution in [0, 0.1) is 0 Å². The van der Waals surface area contributed by atoms with Crippen LogP contribution < -0.4 is 0 Å². The molecule has 0 fully saturated rings. The van der Waals surface area contributed by atoms with Crippen molar-refractivity contribution in [1.82, 2.24) is 0 Å². The molecule has 0 aromatic heterocycles. The second kappa shape index (κ2) is 4.62. The van der Waals surface area contributed by atoms with Crippen molar-refractivity contribution in [2.75, 3.05) is 7.11 Å². The van der Waals surface area contributed by atoms with Gasteiger partial charge in [0.15, 0.2) is 4.33 Å². The number of hydrogen-bond acceptors (Lipinski definition) is 1. The summed E-state index contributed by atoms with van der Waals surface area (Å²) < 4.78 is 4.19. The summed E-state index contributed by atoms with van der Waals surface area (Å²) in [6, 6.07) is 9.98. The molecule has 0 bridgehead atoms. The van der Waals surface area contributed by atoms with E-state index in [9.17, 15) is 0 Å². The third-order valence-corrected chi connectivity index (χ3v) is 3.19. The van der Waals surface area contributed by atoms with E-state index in [1.54, 1.807) is 7.11 Å². The molecule has 1 aliphatic carbocycles. The lowest BCUT2D eigenvalue weighted by atomic mass is 9.98. The molecule has 2 rings (SSSR count). The zero-order chi connectivity index (χ0) is 11.6. The van der Waals surface area contributed by atoms with Crippen LogP contribution in [0.15, 0.2) is 48.6 Å². The van der Waals surface area contributed by atoms with Crippen molar-refractivity contribution < 1.29 is 4.74 Å². The van der Waals surface area contributed by atoms with Crippen LogP contribution >= 0.6 is 23.2 Å². The van der Waals surface area contributed by atoms with Crippen LogP contribution in [0.4, 0.5) is 0 Å². The first-order valence-corrected chi connectivity index (χ1v) is 5.76. The molecule has 0 heterocycles. The zero-order valence-electron chi connectivity index (χ0n) is 8.86. The molecule has 0 saturated carbocycles. The van der Waals surface area contributed by atoms with Crippen molar-refractivity contribution in [2.24, 2.45) is 0 Å². The molecule has 84 valence electrons. The molecule has 0 spiro atoms. The minimum absolute atomic E-state index is 0.303. The summed E-state index contributed by atoms with van der Waals surface area (Å²) >= 11 is 12.4. The van der Waals surface area contributed by atoms with Gasteiger partial charge in [-0.25, -0.2) is 0 Å². The largest absolute Gasteiger partial charge is 0.374 e. The van der Waals surface area contributed by atoms with E-state index in [2.05, 4.69) is 0 Å². The Labute approximate surface area is 105 Å². The predicted molar refractivity (Wildman–Crippen MR) is 68.8 cm³/mol. The molecule has 1 atom stereocenters. The summed E-state index contributed by atoms with van der Waals surface area (Å²) in [6.45, 7) is 0. The highest BCUT2D eigenvalue weighted by Crippen LogP contribution is 2.37. The molecule has 3 heteroatoms. The maximum atomic E-state index is 6.20. The fraction of sp³-hybridized carbons (Fsp3) is 0.231. The minimum atomic E-state index is -1.01. The highest BCUT2D eigenvalue weighted by Gasteiger charge is 2.33. The van der Waals surface area contributed by atoms with Gasteiger partial charge >= 0.3 is 0 Å². The highest BCUT2D eigenvalue weighted by atomic mass is 35.5. The van der Waals surface area contributed by atoms with Gasteiger partial charge in [-0.1, -0.05) is 65.7 Å². The lowest BCUT2D eigenvalue weighted by Gasteiger charge is -2.27. The Morgan fingerprint density at radius 2 is 1.88 bits per heavy atom. The van der Waals surface area contributed by atoms with Crippen molar-refractivity contribution in [1.29, 1.82) is 0 Å². The number of ether oxygens (including phenoxy) is 1. The summed E-state index contributed by atoms with van der Waals surface area (Å²) in [5.41, 5.74) is 2.11. The Kier molecular flexibility index (Phi) is 3.38. The molecule has 1 unspecified atom stereocenters. The van der Waals surface area contributed by atoms with Crippen LogP contribution in [0.2, 0.25) is 0 Å². The third-order valence-electron chi connectivity index (χ3n) is 2.54. The van der Waals surface area contributed by atoms with Crippen molar-refractivity contribution >= 4 is 28.8 Å². The Bertz CT molecular complexity index is 421.